The normalized spacial score (nSPS) is 10.8. The lowest BCUT2D eigenvalue weighted by Gasteiger charge is -2.10. The average Bonchev–Trinajstić information content (AvgIpc) is 2.55. The van der Waals surface area contributed by atoms with Crippen molar-refractivity contribution < 1.29 is 0 Å². The zero-order valence-electron chi connectivity index (χ0n) is 12.7. The molecule has 24 heavy (non-hydrogen) atoms. The summed E-state index contributed by atoms with van der Waals surface area (Å²) in [6.07, 6.45) is 3.18. The fourth-order valence-electron chi connectivity index (χ4n) is 2.31. The Bertz CT molecular complexity index is 1080. The summed E-state index contributed by atoms with van der Waals surface area (Å²) in [6, 6.07) is 1.53. The number of rotatable bonds is 5. The Morgan fingerprint density at radius 2 is 2.00 bits per heavy atom. The predicted molar refractivity (Wildman–Crippen MR) is 93.0 cm³/mol. The van der Waals surface area contributed by atoms with Gasteiger partial charge in [-0.2, -0.15) is 9.97 Å². The summed E-state index contributed by atoms with van der Waals surface area (Å²) in [5, 5.41) is 3.50. The van der Waals surface area contributed by atoms with Crippen molar-refractivity contribution in [3.05, 3.63) is 52.2 Å². The minimum Gasteiger partial charge on any atom is -0.385 e. The van der Waals surface area contributed by atoms with Gasteiger partial charge in [-0.05, 0) is 6.07 Å². The minimum atomic E-state index is -0.484. The van der Waals surface area contributed by atoms with Gasteiger partial charge in [0.15, 0.2) is 5.65 Å². The van der Waals surface area contributed by atoms with Gasteiger partial charge in [0.2, 0.25) is 5.95 Å². The van der Waals surface area contributed by atoms with Crippen LogP contribution in [0.2, 0.25) is 0 Å². The van der Waals surface area contributed by atoms with Gasteiger partial charge in [-0.25, -0.2) is 9.78 Å². The summed E-state index contributed by atoms with van der Waals surface area (Å²) in [7, 11) is 0. The minimum absolute atomic E-state index is 0.123. The number of nitrogens with zero attached hydrogens (tertiary/aromatic N) is 4. The Morgan fingerprint density at radius 1 is 1.21 bits per heavy atom. The molecule has 4 N–H and O–H groups in total. The highest BCUT2D eigenvalue weighted by Crippen LogP contribution is 2.19. The van der Waals surface area contributed by atoms with Gasteiger partial charge < -0.3 is 11.1 Å². The number of hydrogen-bond donors (Lipinski definition) is 3. The second kappa shape index (κ2) is 5.95. The van der Waals surface area contributed by atoms with E-state index in [1.807, 2.05) is 0 Å². The first-order valence-corrected chi connectivity index (χ1v) is 7.12. The SMILES string of the molecule is C=CCNc1nc(=O)c2cc3c(N)[nH]c(=O)n(CC=C)c3nc2n1. The molecule has 0 aromatic carbocycles. The van der Waals surface area contributed by atoms with Crippen molar-refractivity contribution in [2.75, 3.05) is 17.6 Å². The Labute approximate surface area is 135 Å². The van der Waals surface area contributed by atoms with Gasteiger partial charge in [0, 0.05) is 13.1 Å². The maximum atomic E-state index is 12.2. The van der Waals surface area contributed by atoms with Crippen molar-refractivity contribution >= 4 is 33.8 Å². The van der Waals surface area contributed by atoms with Gasteiger partial charge in [0.05, 0.1) is 10.8 Å². The number of nitrogens with one attached hydrogen (secondary N) is 2. The number of aromatic nitrogens is 5. The first-order chi connectivity index (χ1) is 11.5. The van der Waals surface area contributed by atoms with E-state index >= 15 is 0 Å². The van der Waals surface area contributed by atoms with Crippen LogP contribution in [0, 0.1) is 0 Å². The molecule has 9 nitrogen and oxygen atoms in total. The third kappa shape index (κ3) is 2.51. The first-order valence-electron chi connectivity index (χ1n) is 7.12. The Hall–Kier alpha value is -3.49. The number of aromatic amines is 1. The first kappa shape index (κ1) is 15.4. The molecule has 3 aromatic heterocycles. The fourth-order valence-corrected chi connectivity index (χ4v) is 2.31. The smallest absolute Gasteiger partial charge is 0.328 e. The Balaban J connectivity index is 2.37. The molecule has 0 aliphatic rings. The molecular formula is C15H15N7O2. The number of hydrogen-bond acceptors (Lipinski definition) is 7. The molecule has 0 fully saturated rings. The number of allylic oxidation sites excluding steroid dienone is 1. The van der Waals surface area contributed by atoms with Crippen LogP contribution in [0.1, 0.15) is 0 Å². The molecule has 0 amide bonds. The molecule has 9 heteroatoms. The van der Waals surface area contributed by atoms with Crippen molar-refractivity contribution in [2.45, 2.75) is 6.54 Å². The van der Waals surface area contributed by atoms with Crippen LogP contribution in [-0.2, 0) is 6.54 Å². The summed E-state index contributed by atoms with van der Waals surface area (Å²) in [4.78, 5) is 39.2. The van der Waals surface area contributed by atoms with Crippen molar-refractivity contribution in [1.82, 2.24) is 24.5 Å². The van der Waals surface area contributed by atoms with Gasteiger partial charge in [-0.1, -0.05) is 12.2 Å². The summed E-state index contributed by atoms with van der Waals surface area (Å²) >= 11 is 0. The molecule has 0 radical (unpaired) electrons. The third-order valence-electron chi connectivity index (χ3n) is 3.38. The Morgan fingerprint density at radius 3 is 2.71 bits per heavy atom. The van der Waals surface area contributed by atoms with Gasteiger partial charge in [0.1, 0.15) is 11.5 Å². The molecule has 3 rings (SSSR count). The molecule has 0 atom stereocenters. The highest BCUT2D eigenvalue weighted by atomic mass is 16.1. The second-order valence-corrected chi connectivity index (χ2v) is 5.00. The number of fused-ring (bicyclic) bond motifs is 2. The number of nitrogens with two attached hydrogens (primary N) is 1. The van der Waals surface area contributed by atoms with E-state index in [0.29, 0.717) is 17.6 Å². The van der Waals surface area contributed by atoms with Crippen LogP contribution in [-0.4, -0.2) is 31.0 Å². The van der Waals surface area contributed by atoms with Gasteiger partial charge in [-0.15, -0.1) is 13.2 Å². The van der Waals surface area contributed by atoms with Gasteiger partial charge in [-0.3, -0.25) is 14.3 Å². The summed E-state index contributed by atoms with van der Waals surface area (Å²) in [6.45, 7) is 7.84. The molecule has 122 valence electrons. The van der Waals surface area contributed by atoms with Gasteiger partial charge in [0.25, 0.3) is 5.56 Å². The lowest BCUT2D eigenvalue weighted by molar-refractivity contribution is 0.773. The topological polar surface area (TPSA) is 132 Å². The van der Waals surface area contributed by atoms with E-state index in [1.54, 1.807) is 12.2 Å². The van der Waals surface area contributed by atoms with E-state index in [2.05, 4.69) is 38.4 Å². The number of nitrogen functional groups attached to an aromatic ring is 1. The molecule has 0 saturated carbocycles. The molecule has 0 spiro atoms. The van der Waals surface area contributed by atoms with Crippen LogP contribution in [0.15, 0.2) is 41.0 Å². The van der Waals surface area contributed by atoms with E-state index in [-0.39, 0.29) is 29.3 Å². The zero-order chi connectivity index (χ0) is 17.3. The van der Waals surface area contributed by atoms with Crippen molar-refractivity contribution in [2.24, 2.45) is 0 Å². The van der Waals surface area contributed by atoms with Crippen molar-refractivity contribution in [3.8, 4) is 0 Å². The molecule has 0 aliphatic heterocycles. The largest absolute Gasteiger partial charge is 0.385 e. The maximum Gasteiger partial charge on any atom is 0.328 e. The van der Waals surface area contributed by atoms with Crippen molar-refractivity contribution in [3.63, 3.8) is 0 Å². The van der Waals surface area contributed by atoms with E-state index < -0.39 is 11.2 Å². The summed E-state index contributed by atoms with van der Waals surface area (Å²) < 4.78 is 1.36. The second-order valence-electron chi connectivity index (χ2n) is 5.00. The van der Waals surface area contributed by atoms with Crippen LogP contribution < -0.4 is 22.3 Å². The highest BCUT2D eigenvalue weighted by molar-refractivity contribution is 5.94. The zero-order valence-corrected chi connectivity index (χ0v) is 12.7. The van der Waals surface area contributed by atoms with E-state index in [9.17, 15) is 9.59 Å². The molecular weight excluding hydrogens is 310 g/mol. The summed E-state index contributed by atoms with van der Waals surface area (Å²) in [5.74, 6) is 0.269. The van der Waals surface area contributed by atoms with Crippen LogP contribution >= 0.6 is 0 Å². The molecule has 0 aliphatic carbocycles. The highest BCUT2D eigenvalue weighted by Gasteiger charge is 2.13. The lowest BCUT2D eigenvalue weighted by atomic mass is 10.2. The van der Waals surface area contributed by atoms with Crippen LogP contribution in [0.5, 0.6) is 0 Å². The molecule has 0 saturated heterocycles. The average molecular weight is 325 g/mol. The molecule has 3 heterocycles. The lowest BCUT2D eigenvalue weighted by Crippen LogP contribution is -2.25. The molecule has 0 bridgehead atoms. The van der Waals surface area contributed by atoms with E-state index in [0.717, 1.165) is 0 Å². The van der Waals surface area contributed by atoms with Crippen LogP contribution in [0.4, 0.5) is 11.8 Å². The number of pyridine rings is 1. The predicted octanol–water partition coefficient (Wildman–Crippen LogP) is 0.394. The number of anilines is 2. The maximum absolute atomic E-state index is 12.2. The van der Waals surface area contributed by atoms with Crippen LogP contribution in [0.3, 0.4) is 0 Å². The fraction of sp³-hybridized carbons (Fsp3) is 0.133. The van der Waals surface area contributed by atoms with E-state index in [4.69, 9.17) is 5.73 Å². The molecule has 0 unspecified atom stereocenters. The quantitative estimate of drug-likeness (QED) is 0.457. The number of H-pyrrole nitrogens is 1. The van der Waals surface area contributed by atoms with Crippen LogP contribution in [0.25, 0.3) is 22.1 Å². The monoisotopic (exact) mass is 325 g/mol. The summed E-state index contributed by atoms with van der Waals surface area (Å²) in [5.41, 5.74) is 5.44. The third-order valence-corrected chi connectivity index (χ3v) is 3.38. The van der Waals surface area contributed by atoms with Crippen molar-refractivity contribution in [1.29, 1.82) is 0 Å². The van der Waals surface area contributed by atoms with E-state index in [1.165, 1.54) is 10.6 Å². The standard InChI is InChI=1S/C15H15N7O2/c1-3-5-17-14-20-11-9(13(23)21-14)7-8-10(16)18-15(24)22(6-4-2)12(8)19-11/h3-4,7H,1-2,5-6,16H2,(H,18,24)(H,17,21,23). The molecule has 3 aromatic rings. The van der Waals surface area contributed by atoms with Gasteiger partial charge >= 0.3 is 5.69 Å². The Kier molecular flexibility index (Phi) is 3.82.